The molecule has 0 aliphatic carbocycles. The van der Waals surface area contributed by atoms with Gasteiger partial charge in [-0.3, -0.25) is 9.10 Å². The van der Waals surface area contributed by atoms with E-state index in [0.29, 0.717) is 12.2 Å². The molecule has 1 amide bonds. The largest absolute Gasteiger partial charge is 0.356 e. The predicted molar refractivity (Wildman–Crippen MR) is 89.4 cm³/mol. The number of rotatable bonds is 9. The number of carbonyl (C=O) groups is 1. The van der Waals surface area contributed by atoms with Gasteiger partial charge in [0.05, 0.1) is 11.9 Å². The molecular weight excluding hydrogens is 302 g/mol. The van der Waals surface area contributed by atoms with E-state index < -0.39 is 10.0 Å². The summed E-state index contributed by atoms with van der Waals surface area (Å²) >= 11 is 0. The van der Waals surface area contributed by atoms with Crippen molar-refractivity contribution >= 4 is 21.6 Å². The lowest BCUT2D eigenvalue weighted by Gasteiger charge is -2.22. The summed E-state index contributed by atoms with van der Waals surface area (Å²) in [6, 6.07) is 8.80. The van der Waals surface area contributed by atoms with Crippen LogP contribution in [0.25, 0.3) is 0 Å². The van der Waals surface area contributed by atoms with Gasteiger partial charge in [-0.15, -0.1) is 0 Å². The fourth-order valence-corrected chi connectivity index (χ4v) is 2.92. The average Bonchev–Trinajstić information content (AvgIpc) is 2.43. The quantitative estimate of drug-likeness (QED) is 0.685. The van der Waals surface area contributed by atoms with E-state index in [-0.39, 0.29) is 18.9 Å². The van der Waals surface area contributed by atoms with Gasteiger partial charge in [-0.1, -0.05) is 18.2 Å². The third-order valence-corrected chi connectivity index (χ3v) is 4.28. The Morgan fingerprint density at radius 2 is 1.77 bits per heavy atom. The molecule has 0 saturated heterocycles. The van der Waals surface area contributed by atoms with Crippen LogP contribution in [0.2, 0.25) is 0 Å². The molecule has 22 heavy (non-hydrogen) atoms. The molecule has 0 bridgehead atoms. The van der Waals surface area contributed by atoms with Crippen molar-refractivity contribution in [3.63, 3.8) is 0 Å². The zero-order chi connectivity index (χ0) is 16.6. The van der Waals surface area contributed by atoms with Crippen molar-refractivity contribution in [3.8, 4) is 0 Å². The second kappa shape index (κ2) is 8.75. The van der Waals surface area contributed by atoms with Crippen molar-refractivity contribution in [2.45, 2.75) is 12.8 Å². The van der Waals surface area contributed by atoms with E-state index in [1.54, 1.807) is 24.3 Å². The standard InChI is InChI=1S/C15H25N3O3S/c1-17(2)12-7-11-16-15(19)10-13-18(22(3,20)21)14-8-5-4-6-9-14/h4-6,8-9H,7,10-13H2,1-3H3,(H,16,19). The Bertz CT molecular complexity index is 559. The molecule has 0 unspecified atom stereocenters. The number of hydrogen-bond donors (Lipinski definition) is 1. The first-order chi connectivity index (χ1) is 10.3. The lowest BCUT2D eigenvalue weighted by atomic mass is 10.3. The van der Waals surface area contributed by atoms with Crippen molar-refractivity contribution in [2.75, 3.05) is 44.3 Å². The van der Waals surface area contributed by atoms with Crippen LogP contribution in [0.3, 0.4) is 0 Å². The summed E-state index contributed by atoms with van der Waals surface area (Å²) in [5, 5.41) is 2.81. The summed E-state index contributed by atoms with van der Waals surface area (Å²) in [6.45, 7) is 1.64. The molecule has 0 saturated carbocycles. The van der Waals surface area contributed by atoms with Gasteiger partial charge in [0.15, 0.2) is 0 Å². The number of para-hydroxylation sites is 1. The number of amides is 1. The van der Waals surface area contributed by atoms with Crippen LogP contribution in [0.1, 0.15) is 12.8 Å². The summed E-state index contributed by atoms with van der Waals surface area (Å²) in [5.41, 5.74) is 0.574. The van der Waals surface area contributed by atoms with Crippen LogP contribution in [-0.2, 0) is 14.8 Å². The minimum absolute atomic E-state index is 0.136. The molecule has 0 atom stereocenters. The Kier molecular flexibility index (Phi) is 7.34. The van der Waals surface area contributed by atoms with E-state index in [1.807, 2.05) is 25.1 Å². The van der Waals surface area contributed by atoms with Gasteiger partial charge in [0.1, 0.15) is 0 Å². The molecule has 1 aromatic carbocycles. The summed E-state index contributed by atoms with van der Waals surface area (Å²) in [7, 11) is 0.552. The average molecular weight is 327 g/mol. The van der Waals surface area contributed by atoms with Crippen molar-refractivity contribution in [1.82, 2.24) is 10.2 Å². The fraction of sp³-hybridized carbons (Fsp3) is 0.533. The fourth-order valence-electron chi connectivity index (χ4n) is 2.00. The minimum atomic E-state index is -3.40. The molecule has 0 aromatic heterocycles. The first-order valence-electron chi connectivity index (χ1n) is 7.25. The second-order valence-electron chi connectivity index (χ2n) is 5.43. The minimum Gasteiger partial charge on any atom is -0.356 e. The van der Waals surface area contributed by atoms with Crippen molar-refractivity contribution in [3.05, 3.63) is 30.3 Å². The molecule has 0 aliphatic heterocycles. The third-order valence-electron chi connectivity index (χ3n) is 3.09. The summed E-state index contributed by atoms with van der Waals surface area (Å²) < 4.78 is 25.0. The van der Waals surface area contributed by atoms with E-state index in [9.17, 15) is 13.2 Å². The smallest absolute Gasteiger partial charge is 0.232 e. The van der Waals surface area contributed by atoms with Crippen molar-refractivity contribution in [1.29, 1.82) is 0 Å². The number of nitrogens with one attached hydrogen (secondary N) is 1. The first kappa shape index (κ1) is 18.4. The highest BCUT2D eigenvalue weighted by molar-refractivity contribution is 7.92. The number of hydrogen-bond acceptors (Lipinski definition) is 4. The molecule has 7 heteroatoms. The summed E-state index contributed by atoms with van der Waals surface area (Å²) in [6.07, 6.45) is 2.16. The van der Waals surface area contributed by atoms with Gasteiger partial charge in [-0.2, -0.15) is 0 Å². The maximum Gasteiger partial charge on any atom is 0.232 e. The van der Waals surface area contributed by atoms with Crippen LogP contribution in [0, 0.1) is 0 Å². The molecular formula is C15H25N3O3S. The Labute approximate surface area is 133 Å². The zero-order valence-electron chi connectivity index (χ0n) is 13.4. The van der Waals surface area contributed by atoms with E-state index in [1.165, 1.54) is 4.31 Å². The first-order valence-corrected chi connectivity index (χ1v) is 9.09. The van der Waals surface area contributed by atoms with E-state index in [4.69, 9.17) is 0 Å². The van der Waals surface area contributed by atoms with Gasteiger partial charge in [0.2, 0.25) is 15.9 Å². The van der Waals surface area contributed by atoms with Gasteiger partial charge in [0, 0.05) is 19.5 Å². The number of sulfonamides is 1. The highest BCUT2D eigenvalue weighted by Gasteiger charge is 2.18. The zero-order valence-corrected chi connectivity index (χ0v) is 14.3. The van der Waals surface area contributed by atoms with E-state index in [0.717, 1.165) is 19.2 Å². The highest BCUT2D eigenvalue weighted by atomic mass is 32.2. The van der Waals surface area contributed by atoms with Gasteiger partial charge < -0.3 is 10.2 Å². The predicted octanol–water partition coefficient (Wildman–Crippen LogP) is 0.911. The maximum absolute atomic E-state index is 11.9. The molecule has 124 valence electrons. The molecule has 0 spiro atoms. The molecule has 1 rings (SSSR count). The van der Waals surface area contributed by atoms with E-state index in [2.05, 4.69) is 5.32 Å². The van der Waals surface area contributed by atoms with E-state index >= 15 is 0 Å². The molecule has 6 nitrogen and oxygen atoms in total. The van der Waals surface area contributed by atoms with Gasteiger partial charge >= 0.3 is 0 Å². The van der Waals surface area contributed by atoms with Crippen LogP contribution in [-0.4, -0.2) is 59.2 Å². The molecule has 1 aromatic rings. The Balaban J connectivity index is 2.50. The Morgan fingerprint density at radius 3 is 2.32 bits per heavy atom. The number of carbonyl (C=O) groups excluding carboxylic acids is 1. The topological polar surface area (TPSA) is 69.7 Å². The molecule has 0 heterocycles. The van der Waals surface area contributed by atoms with Crippen molar-refractivity contribution in [2.24, 2.45) is 0 Å². The van der Waals surface area contributed by atoms with Crippen LogP contribution in [0.4, 0.5) is 5.69 Å². The number of benzene rings is 1. The number of nitrogens with zero attached hydrogens (tertiary/aromatic N) is 2. The Hall–Kier alpha value is -1.60. The van der Waals surface area contributed by atoms with Crippen LogP contribution < -0.4 is 9.62 Å². The maximum atomic E-state index is 11.9. The van der Waals surface area contributed by atoms with Crippen LogP contribution in [0.5, 0.6) is 0 Å². The van der Waals surface area contributed by atoms with Crippen LogP contribution >= 0.6 is 0 Å². The van der Waals surface area contributed by atoms with Crippen molar-refractivity contribution < 1.29 is 13.2 Å². The number of anilines is 1. The molecule has 0 aliphatic rings. The molecule has 1 N–H and O–H groups in total. The highest BCUT2D eigenvalue weighted by Crippen LogP contribution is 2.16. The Morgan fingerprint density at radius 1 is 1.14 bits per heavy atom. The van der Waals surface area contributed by atoms with Crippen LogP contribution in [0.15, 0.2) is 30.3 Å². The molecule has 0 radical (unpaired) electrons. The van der Waals surface area contributed by atoms with Gasteiger partial charge in [-0.25, -0.2) is 8.42 Å². The lowest BCUT2D eigenvalue weighted by molar-refractivity contribution is -0.120. The summed E-state index contributed by atoms with van der Waals surface area (Å²) in [5.74, 6) is -0.136. The summed E-state index contributed by atoms with van der Waals surface area (Å²) in [4.78, 5) is 13.9. The van der Waals surface area contributed by atoms with Gasteiger partial charge in [0.25, 0.3) is 0 Å². The monoisotopic (exact) mass is 327 g/mol. The lowest BCUT2D eigenvalue weighted by Crippen LogP contribution is -2.35. The second-order valence-corrected chi connectivity index (χ2v) is 7.33. The van der Waals surface area contributed by atoms with Gasteiger partial charge in [-0.05, 0) is 39.2 Å². The third kappa shape index (κ3) is 6.91. The SMILES string of the molecule is CN(C)CCCNC(=O)CCN(c1ccccc1)S(C)(=O)=O. The normalized spacial score (nSPS) is 11.5. The molecule has 0 fully saturated rings.